The number of aromatic nitrogens is 5. The number of nitrogens with zero attached hydrogens (tertiary/aromatic N) is 5. The second-order valence-electron chi connectivity index (χ2n) is 9.28. The maximum Gasteiger partial charge on any atom is 0.408 e. The van der Waals surface area contributed by atoms with Crippen molar-refractivity contribution in [2.75, 3.05) is 5.73 Å². The Labute approximate surface area is 203 Å². The summed E-state index contributed by atoms with van der Waals surface area (Å²) in [7, 11) is 1.78. The van der Waals surface area contributed by atoms with Gasteiger partial charge in [-0.15, -0.1) is 0 Å². The van der Waals surface area contributed by atoms with E-state index in [0.717, 1.165) is 10.2 Å². The topological polar surface area (TPSA) is 83.8 Å². The number of nitrogen functional groups attached to an aromatic ring is 1. The predicted molar refractivity (Wildman–Crippen MR) is 124 cm³/mol. The van der Waals surface area contributed by atoms with E-state index < -0.39 is 24.6 Å². The first-order valence-corrected chi connectivity index (χ1v) is 11.5. The molecule has 1 aliphatic carbocycles. The highest BCUT2D eigenvalue weighted by Crippen LogP contribution is 2.48. The summed E-state index contributed by atoms with van der Waals surface area (Å²) in [5, 5.41) is 9.06. The van der Waals surface area contributed by atoms with Gasteiger partial charge in [-0.3, -0.25) is 9.36 Å². The van der Waals surface area contributed by atoms with Crippen molar-refractivity contribution in [2.45, 2.75) is 44.5 Å². The molecule has 4 aromatic rings. The summed E-state index contributed by atoms with van der Waals surface area (Å²) in [5.74, 6) is -0.406. The lowest BCUT2D eigenvalue weighted by molar-refractivity contribution is -0.142. The summed E-state index contributed by atoms with van der Waals surface area (Å²) in [5.41, 5.74) is 10.9. The molecule has 6 rings (SSSR count). The van der Waals surface area contributed by atoms with Crippen molar-refractivity contribution in [1.29, 1.82) is 0 Å². The molecule has 36 heavy (non-hydrogen) atoms. The van der Waals surface area contributed by atoms with E-state index in [1.807, 2.05) is 6.20 Å². The molecule has 0 fully saturated rings. The number of benzene rings is 1. The highest BCUT2D eigenvalue weighted by atomic mass is 19.4. The molecule has 1 aliphatic heterocycles. The number of fused-ring (bicyclic) bond motifs is 7. The Morgan fingerprint density at radius 3 is 2.75 bits per heavy atom. The molecule has 4 heterocycles. The molecule has 2 aliphatic rings. The molecule has 2 bridgehead atoms. The SMILES string of the molecule is C[C@H]1Oc2cc(cnc2N)-c2c3c(nn2CC(F)(F)F)CC[C@@H]3c2cn(C)nc2-c2ccc(F)cc21. The molecule has 7 nitrogen and oxygen atoms in total. The zero-order valence-corrected chi connectivity index (χ0v) is 19.5. The smallest absolute Gasteiger partial charge is 0.408 e. The summed E-state index contributed by atoms with van der Waals surface area (Å²) in [6, 6.07) is 6.01. The first kappa shape index (κ1) is 22.6. The molecule has 0 unspecified atom stereocenters. The van der Waals surface area contributed by atoms with Crippen LogP contribution in [0.3, 0.4) is 0 Å². The third-order valence-electron chi connectivity index (χ3n) is 6.81. The summed E-state index contributed by atoms with van der Waals surface area (Å²) in [4.78, 5) is 4.22. The number of hydrogen-bond acceptors (Lipinski definition) is 5. The highest BCUT2D eigenvalue weighted by Gasteiger charge is 2.38. The van der Waals surface area contributed by atoms with Crippen molar-refractivity contribution < 1.29 is 22.3 Å². The fraction of sp³-hybridized carbons (Fsp3) is 0.320. The zero-order chi connectivity index (χ0) is 25.4. The highest BCUT2D eigenvalue weighted by molar-refractivity contribution is 5.74. The van der Waals surface area contributed by atoms with Crippen LogP contribution in [0.1, 0.15) is 47.8 Å². The maximum absolute atomic E-state index is 14.4. The number of ether oxygens (including phenoxy) is 1. The van der Waals surface area contributed by atoms with Gasteiger partial charge in [-0.05, 0) is 44.0 Å². The predicted octanol–water partition coefficient (Wildman–Crippen LogP) is 5.16. The van der Waals surface area contributed by atoms with Crippen molar-refractivity contribution in [3.8, 4) is 28.3 Å². The van der Waals surface area contributed by atoms with E-state index in [4.69, 9.17) is 10.5 Å². The van der Waals surface area contributed by atoms with Gasteiger partial charge >= 0.3 is 6.18 Å². The lowest BCUT2D eigenvalue weighted by atomic mass is 9.88. The largest absolute Gasteiger partial charge is 0.482 e. The van der Waals surface area contributed by atoms with Gasteiger partial charge in [0.2, 0.25) is 0 Å². The number of aryl methyl sites for hydroxylation is 2. The fourth-order valence-corrected chi connectivity index (χ4v) is 5.39. The van der Waals surface area contributed by atoms with Gasteiger partial charge in [-0.25, -0.2) is 9.37 Å². The quantitative estimate of drug-likeness (QED) is 0.367. The minimum absolute atomic E-state index is 0.0780. The summed E-state index contributed by atoms with van der Waals surface area (Å²) < 4.78 is 63.8. The average Bonchev–Trinajstić information content (AvgIpc) is 3.46. The van der Waals surface area contributed by atoms with Gasteiger partial charge in [0.05, 0.1) is 17.1 Å². The first-order valence-electron chi connectivity index (χ1n) is 11.5. The number of anilines is 1. The van der Waals surface area contributed by atoms with Gasteiger partial charge in [0, 0.05) is 53.2 Å². The van der Waals surface area contributed by atoms with Gasteiger partial charge in [-0.1, -0.05) is 0 Å². The van der Waals surface area contributed by atoms with Gasteiger partial charge in [0.1, 0.15) is 18.5 Å². The maximum atomic E-state index is 14.4. The van der Waals surface area contributed by atoms with E-state index in [1.54, 1.807) is 30.8 Å². The van der Waals surface area contributed by atoms with Crippen LogP contribution < -0.4 is 10.5 Å². The first-order chi connectivity index (χ1) is 17.1. The molecule has 2 atom stereocenters. The van der Waals surface area contributed by atoms with Crippen LogP contribution in [0.25, 0.3) is 22.5 Å². The molecule has 2 N–H and O–H groups in total. The Bertz CT molecular complexity index is 1510. The van der Waals surface area contributed by atoms with Crippen molar-refractivity contribution in [3.63, 3.8) is 0 Å². The number of hydrogen-bond donors (Lipinski definition) is 1. The molecule has 0 saturated carbocycles. The molecule has 0 spiro atoms. The van der Waals surface area contributed by atoms with E-state index in [0.29, 0.717) is 52.2 Å². The summed E-state index contributed by atoms with van der Waals surface area (Å²) in [6.07, 6.45) is -0.623. The van der Waals surface area contributed by atoms with Gasteiger partial charge in [0.25, 0.3) is 0 Å². The molecule has 0 amide bonds. The van der Waals surface area contributed by atoms with Crippen LogP contribution >= 0.6 is 0 Å². The van der Waals surface area contributed by atoms with Crippen molar-refractivity contribution in [1.82, 2.24) is 24.5 Å². The standard InChI is InChI=1S/C25H22F4N6O/c1-12-17-8-14(26)3-4-16(17)22-18(10-34(2)33-22)15-5-6-19-21(15)23(35(32-19)11-25(27,28)29)13-7-20(36-12)24(30)31-9-13/h3-4,7-10,12,15H,5-6,11H2,1-2H3,(H2,30,31)/t12-,15-/m1/s1. The van der Waals surface area contributed by atoms with Gasteiger partial charge in [0.15, 0.2) is 11.6 Å². The van der Waals surface area contributed by atoms with Crippen molar-refractivity contribution in [2.24, 2.45) is 7.05 Å². The molecule has 1 aromatic carbocycles. The number of rotatable bonds is 1. The molecular formula is C25H22F4N6O. The fourth-order valence-electron chi connectivity index (χ4n) is 5.39. The summed E-state index contributed by atoms with van der Waals surface area (Å²) in [6.45, 7) is 0.521. The van der Waals surface area contributed by atoms with Crippen LogP contribution in [0.5, 0.6) is 5.75 Å². The van der Waals surface area contributed by atoms with Crippen LogP contribution in [0.15, 0.2) is 36.7 Å². The van der Waals surface area contributed by atoms with Crippen LogP contribution in [-0.2, 0) is 20.0 Å². The minimum Gasteiger partial charge on any atom is -0.482 e. The molecule has 11 heteroatoms. The Kier molecular flexibility index (Phi) is 4.89. The number of nitrogens with two attached hydrogens (primary N) is 1. The second kappa shape index (κ2) is 7.81. The Balaban J connectivity index is 1.68. The van der Waals surface area contributed by atoms with Crippen molar-refractivity contribution >= 4 is 5.82 Å². The van der Waals surface area contributed by atoms with Crippen LogP contribution in [0.4, 0.5) is 23.4 Å². The van der Waals surface area contributed by atoms with E-state index in [-0.39, 0.29) is 17.5 Å². The van der Waals surface area contributed by atoms with E-state index in [1.165, 1.54) is 18.3 Å². The molecular weight excluding hydrogens is 476 g/mol. The lowest BCUT2D eigenvalue weighted by Crippen LogP contribution is -2.20. The lowest BCUT2D eigenvalue weighted by Gasteiger charge is -2.22. The molecule has 186 valence electrons. The van der Waals surface area contributed by atoms with Crippen molar-refractivity contribution in [3.05, 3.63) is 64.9 Å². The number of pyridine rings is 1. The Hall–Kier alpha value is -3.89. The van der Waals surface area contributed by atoms with Crippen LogP contribution in [0, 0.1) is 5.82 Å². The normalized spacial score (nSPS) is 18.5. The van der Waals surface area contributed by atoms with Crippen LogP contribution in [0.2, 0.25) is 0 Å². The average molecular weight is 498 g/mol. The van der Waals surface area contributed by atoms with Gasteiger partial charge < -0.3 is 10.5 Å². The molecule has 3 aromatic heterocycles. The third-order valence-corrected chi connectivity index (χ3v) is 6.81. The monoisotopic (exact) mass is 498 g/mol. The Morgan fingerprint density at radius 2 is 1.97 bits per heavy atom. The zero-order valence-electron chi connectivity index (χ0n) is 19.5. The van der Waals surface area contributed by atoms with E-state index in [9.17, 15) is 17.6 Å². The Morgan fingerprint density at radius 1 is 1.17 bits per heavy atom. The molecule has 0 saturated heterocycles. The van der Waals surface area contributed by atoms with Crippen LogP contribution in [-0.4, -0.2) is 30.7 Å². The third kappa shape index (κ3) is 3.61. The molecule has 0 radical (unpaired) electrons. The summed E-state index contributed by atoms with van der Waals surface area (Å²) >= 11 is 0. The number of halogens is 4. The van der Waals surface area contributed by atoms with Gasteiger partial charge in [-0.2, -0.15) is 23.4 Å². The number of alkyl halides is 3. The minimum atomic E-state index is -4.47. The van der Waals surface area contributed by atoms with E-state index >= 15 is 0 Å². The van der Waals surface area contributed by atoms with E-state index in [2.05, 4.69) is 15.2 Å². The second-order valence-corrected chi connectivity index (χ2v) is 9.28.